The predicted molar refractivity (Wildman–Crippen MR) is 379 cm³/mol. The van der Waals surface area contributed by atoms with Crippen molar-refractivity contribution in [3.8, 4) is 0 Å². The average molecular weight is 1550 g/mol. The molecule has 3 N–H and O–H groups in total. The minimum atomic E-state index is -5.20. The number of morpholine rings is 1. The summed E-state index contributed by atoms with van der Waals surface area (Å²) in [7, 11) is 8.12. The lowest BCUT2D eigenvalue weighted by atomic mass is 9.76. The molecule has 8 aliphatic rings. The van der Waals surface area contributed by atoms with Gasteiger partial charge in [0.25, 0.3) is 0 Å². The smallest absolute Gasteiger partial charge is 0.378 e. The van der Waals surface area contributed by atoms with E-state index in [0.717, 1.165) is 19.6 Å². The first kappa shape index (κ1) is 86.6. The summed E-state index contributed by atoms with van der Waals surface area (Å²) in [6.45, 7) is 7.67. The zero-order valence-electron chi connectivity index (χ0n) is 64.7. The van der Waals surface area contributed by atoms with Crippen molar-refractivity contribution in [1.82, 2.24) is 60.0 Å². The van der Waals surface area contributed by atoms with Gasteiger partial charge < -0.3 is 64.8 Å². The molecule has 8 rings (SSSR count). The second-order valence-electron chi connectivity index (χ2n) is 32.5. The number of nitrogens with zero attached hydrogens (tertiary/aromatic N) is 9. The topological polar surface area (TPSA) is 279 Å². The second-order valence-corrected chi connectivity index (χ2v) is 32.5. The van der Waals surface area contributed by atoms with Crippen LogP contribution in [0, 0.1) is 47.3 Å². The molecule has 4 aliphatic carbocycles. The van der Waals surface area contributed by atoms with E-state index in [1.54, 1.807) is 20.8 Å². The van der Waals surface area contributed by atoms with Crippen LogP contribution in [0.3, 0.4) is 0 Å². The number of carbonyl (C=O) groups excluding carboxylic acids is 12. The first-order valence-corrected chi connectivity index (χ1v) is 39.1. The summed E-state index contributed by atoms with van der Waals surface area (Å²) in [5.41, 5.74) is -1.67. The number of hydrogen-bond acceptors (Lipinski definition) is 13. The van der Waals surface area contributed by atoms with Gasteiger partial charge in [0.15, 0.2) is 0 Å². The zero-order valence-corrected chi connectivity index (χ0v) is 64.7. The van der Waals surface area contributed by atoms with Crippen LogP contribution in [0.2, 0.25) is 0 Å². The number of hydrogen-bond donors (Lipinski definition) is 3. The largest absolute Gasteiger partial charge is 0.397 e. The van der Waals surface area contributed by atoms with Crippen LogP contribution >= 0.6 is 0 Å². The molecule has 0 aromatic carbocycles. The van der Waals surface area contributed by atoms with Crippen molar-refractivity contribution in [2.45, 2.75) is 261 Å². The highest BCUT2D eigenvalue weighted by Crippen LogP contribution is 2.46. The SMILES string of the molecule is CC[C@H](C)[C@@H]1NC(=O)[C@H](CC)N(C)C(=O)C[C@@H](C(=O)N2CCOCC2)N(C)C(=O)[C@H](C2CCCC2)N(C)C(=O)C2(CCCC2)NC(=O)[C@@H]2CCCN2C(=O)[C@H](CCC2CC(F)C(C(F)(F)F)C(F)C2)NC(=O)CN(C)C(=O)[C@H](CC2CCC(C(F)(F)F)CC2)N2CC(C)[C@@H](C)C[C@@H](C2=O)N(C)C(=O)CN(C)C1=O. The van der Waals surface area contributed by atoms with Crippen molar-refractivity contribution in [3.63, 3.8) is 0 Å². The van der Waals surface area contributed by atoms with Crippen LogP contribution in [0.1, 0.15) is 182 Å². The number of rotatable bonds is 10. The fraction of sp³-hybridized carbons (Fsp3) is 0.840. The average Bonchev–Trinajstić information content (AvgIpc) is 1.49. The van der Waals surface area contributed by atoms with E-state index < -0.39 is 224 Å². The van der Waals surface area contributed by atoms with Gasteiger partial charge in [0.1, 0.15) is 72.1 Å². The Morgan fingerprint density at radius 2 is 1.19 bits per heavy atom. The third kappa shape index (κ3) is 20.2. The molecule has 2 bridgehead atoms. The molecule has 0 radical (unpaired) electrons. The highest BCUT2D eigenvalue weighted by atomic mass is 19.4. The van der Waals surface area contributed by atoms with Crippen molar-refractivity contribution in [3.05, 3.63) is 0 Å². The van der Waals surface area contributed by atoms with Gasteiger partial charge in [0.2, 0.25) is 70.9 Å². The normalized spacial score (nSPS) is 33.4. The molecule has 0 aromatic rings. The first-order valence-electron chi connectivity index (χ1n) is 39.1. The summed E-state index contributed by atoms with van der Waals surface area (Å²) in [5, 5.41) is 8.48. The maximum absolute atomic E-state index is 15.7. The van der Waals surface area contributed by atoms with Crippen molar-refractivity contribution in [1.29, 1.82) is 0 Å². The van der Waals surface area contributed by atoms with Gasteiger partial charge in [-0.2, -0.15) is 26.3 Å². The molecule has 33 heteroatoms. The van der Waals surface area contributed by atoms with E-state index in [-0.39, 0.29) is 128 Å². The summed E-state index contributed by atoms with van der Waals surface area (Å²) in [5.74, 6) is -17.0. The zero-order chi connectivity index (χ0) is 79.8. The van der Waals surface area contributed by atoms with Crippen LogP contribution in [0.25, 0.3) is 0 Å². The number of fused-ring (bicyclic) bond motifs is 3. The van der Waals surface area contributed by atoms with Crippen molar-refractivity contribution >= 4 is 70.9 Å². The Kier molecular flexibility index (Phi) is 29.6. The number of nitrogens with one attached hydrogen (secondary N) is 3. The standard InChI is InChI=1S/C75H116F8N12O13/c1-12-43(3)62-70(105)88(7)42-60(98)90(9)55-35-44(4)45(5)40-95(69(55)104)57(38-46-22-25-49(26-23-46)74(78,79)80)67(102)87(6)41-58(96)84-52(27-24-47-36-50(76)61(51(77)37-47)75(81,82)83)66(101)94-30-18-21-54(94)65(100)86-73(28-16-17-29-73)72(107)92(11)63(48-19-14-15-20-48)71(106)91(10)56(68(103)93-31-33-108-34-32-93)39-59(97)89(8)53(13-2)64(99)85-62/h43-57,61-63H,12-42H2,1-11H3,(H,84,96)(H,85,99)(H,86,100)/t43-,44-,45?,46?,47?,49?,50?,51?,52-,53-,54-,55-,56-,57-,61?,62-,63-/m0/s1. The van der Waals surface area contributed by atoms with E-state index >= 15 is 37.5 Å². The minimum Gasteiger partial charge on any atom is -0.378 e. The number of amides is 12. The Morgan fingerprint density at radius 1 is 0.583 bits per heavy atom. The molecule has 13 atom stereocenters. The fourth-order valence-corrected chi connectivity index (χ4v) is 18.0. The Bertz CT molecular complexity index is 3210. The molecule has 8 fully saturated rings. The van der Waals surface area contributed by atoms with Crippen molar-refractivity contribution < 1.29 is 97.4 Å². The summed E-state index contributed by atoms with van der Waals surface area (Å²) >= 11 is 0. The second kappa shape index (κ2) is 36.9. The first-order chi connectivity index (χ1) is 50.7. The molecular weight excluding hydrogens is 1430 g/mol. The van der Waals surface area contributed by atoms with Gasteiger partial charge in [-0.05, 0) is 145 Å². The quantitative estimate of drug-likeness (QED) is 0.206. The molecule has 4 heterocycles. The van der Waals surface area contributed by atoms with E-state index in [0.29, 0.717) is 44.9 Å². The third-order valence-corrected chi connectivity index (χ3v) is 25.3. The van der Waals surface area contributed by atoms with Gasteiger partial charge in [0, 0.05) is 68.5 Å². The van der Waals surface area contributed by atoms with Crippen molar-refractivity contribution in [2.75, 3.05) is 94.8 Å². The summed E-state index contributed by atoms with van der Waals surface area (Å²) in [6.07, 6.45) is -14.5. The molecule has 4 saturated carbocycles. The molecule has 108 heavy (non-hydrogen) atoms. The maximum Gasteiger partial charge on any atom is 0.397 e. The lowest BCUT2D eigenvalue weighted by Gasteiger charge is -2.42. The highest BCUT2D eigenvalue weighted by Gasteiger charge is 2.56. The van der Waals surface area contributed by atoms with E-state index in [1.807, 2.05) is 13.8 Å². The molecule has 4 saturated heterocycles. The van der Waals surface area contributed by atoms with Crippen LogP contribution in [-0.2, 0) is 62.3 Å². The molecule has 25 nitrogen and oxygen atoms in total. The number of likely N-dealkylation sites (N-methyl/N-ethyl adjacent to an activating group) is 6. The Balaban J connectivity index is 1.19. The van der Waals surface area contributed by atoms with Crippen LogP contribution in [0.15, 0.2) is 0 Å². The van der Waals surface area contributed by atoms with Gasteiger partial charge in [-0.25, -0.2) is 8.78 Å². The van der Waals surface area contributed by atoms with E-state index in [4.69, 9.17) is 4.74 Å². The lowest BCUT2D eigenvalue weighted by Crippen LogP contribution is -2.65. The Hall–Kier alpha value is -6.96. The maximum atomic E-state index is 15.7. The Morgan fingerprint density at radius 3 is 1.78 bits per heavy atom. The van der Waals surface area contributed by atoms with Gasteiger partial charge in [-0.3, -0.25) is 57.5 Å². The highest BCUT2D eigenvalue weighted by molar-refractivity contribution is 6.01. The molecule has 1 spiro atoms. The predicted octanol–water partition coefficient (Wildman–Crippen LogP) is 6.19. The summed E-state index contributed by atoms with van der Waals surface area (Å²) < 4.78 is 121. The molecule has 4 aliphatic heterocycles. The van der Waals surface area contributed by atoms with E-state index in [1.165, 1.54) is 66.8 Å². The van der Waals surface area contributed by atoms with Gasteiger partial charge in [-0.1, -0.05) is 66.7 Å². The van der Waals surface area contributed by atoms with Crippen LogP contribution in [0.4, 0.5) is 35.1 Å². The molecule has 3 unspecified atom stereocenters. The van der Waals surface area contributed by atoms with Crippen LogP contribution in [-0.4, -0.2) is 288 Å². The number of halogens is 8. The minimum absolute atomic E-state index is 0.00260. The number of carbonyl (C=O) groups is 12. The Labute approximate surface area is 629 Å². The monoisotopic (exact) mass is 1540 g/mol. The molecule has 0 aromatic heterocycles. The van der Waals surface area contributed by atoms with Crippen molar-refractivity contribution in [2.24, 2.45) is 47.3 Å². The summed E-state index contributed by atoms with van der Waals surface area (Å²) in [6, 6.07) is -11.0. The van der Waals surface area contributed by atoms with Gasteiger partial charge >= 0.3 is 12.4 Å². The number of alkyl halides is 8. The summed E-state index contributed by atoms with van der Waals surface area (Å²) in [4.78, 5) is 192. The lowest BCUT2D eigenvalue weighted by molar-refractivity contribution is -0.219. The van der Waals surface area contributed by atoms with E-state index in [9.17, 15) is 55.1 Å². The third-order valence-electron chi connectivity index (χ3n) is 25.3. The van der Waals surface area contributed by atoms with E-state index in [2.05, 4.69) is 16.0 Å². The number of ether oxygens (including phenoxy) is 1. The molecule has 610 valence electrons. The van der Waals surface area contributed by atoms with Gasteiger partial charge in [0.05, 0.1) is 38.6 Å². The van der Waals surface area contributed by atoms with Gasteiger partial charge in [-0.15, -0.1) is 0 Å². The molecule has 12 amide bonds. The fourth-order valence-electron chi connectivity index (χ4n) is 18.0. The molecular formula is C75H116F8N12O13. The van der Waals surface area contributed by atoms with Crippen LogP contribution in [0.5, 0.6) is 0 Å². The van der Waals surface area contributed by atoms with Crippen LogP contribution < -0.4 is 16.0 Å².